The van der Waals surface area contributed by atoms with E-state index in [4.69, 9.17) is 4.74 Å². The highest BCUT2D eigenvalue weighted by atomic mass is 32.1. The molecule has 1 fully saturated rings. The molecule has 2 amide bonds. The lowest BCUT2D eigenvalue weighted by Gasteiger charge is -2.32. The molecule has 0 atom stereocenters. The van der Waals surface area contributed by atoms with Crippen LogP contribution in [0.5, 0.6) is 5.75 Å². The third-order valence-electron chi connectivity index (χ3n) is 5.71. The smallest absolute Gasteiger partial charge is 0.246 e. The largest absolute Gasteiger partial charge is 0.487 e. The van der Waals surface area contributed by atoms with Crippen molar-refractivity contribution in [3.05, 3.63) is 52.0 Å². The Morgan fingerprint density at radius 2 is 2.09 bits per heavy atom. The maximum atomic E-state index is 12.6. The fourth-order valence-corrected chi connectivity index (χ4v) is 4.37. The Kier molecular flexibility index (Phi) is 8.85. The van der Waals surface area contributed by atoms with Crippen LogP contribution in [0, 0.1) is 12.8 Å². The number of nitrogens with zero attached hydrogens (tertiary/aromatic N) is 3. The third-order valence-corrected chi connectivity index (χ3v) is 6.53. The first-order chi connectivity index (χ1) is 15.5. The lowest BCUT2D eigenvalue weighted by Crippen LogP contribution is -2.43. The van der Waals surface area contributed by atoms with Crippen molar-refractivity contribution in [2.75, 3.05) is 26.7 Å². The van der Waals surface area contributed by atoms with Gasteiger partial charge in [0.1, 0.15) is 12.4 Å². The summed E-state index contributed by atoms with van der Waals surface area (Å²) in [6, 6.07) is 7.68. The minimum atomic E-state index is -0.0143. The number of rotatable bonds is 9. The maximum absolute atomic E-state index is 12.6. The van der Waals surface area contributed by atoms with Crippen LogP contribution in [0.4, 0.5) is 0 Å². The molecule has 1 aliphatic rings. The highest BCUT2D eigenvalue weighted by Crippen LogP contribution is 2.21. The van der Waals surface area contributed by atoms with Crippen LogP contribution in [0.25, 0.3) is 6.08 Å². The van der Waals surface area contributed by atoms with Gasteiger partial charge in [-0.2, -0.15) is 0 Å². The predicted octanol–water partition coefficient (Wildman–Crippen LogP) is 4.54. The molecule has 0 N–H and O–H groups in total. The van der Waals surface area contributed by atoms with Crippen LogP contribution >= 0.6 is 11.3 Å². The molecule has 2 aromatic rings. The van der Waals surface area contributed by atoms with Crippen LogP contribution in [-0.2, 0) is 16.2 Å². The third kappa shape index (κ3) is 6.92. The zero-order chi connectivity index (χ0) is 22.9. The second-order valence-corrected chi connectivity index (χ2v) is 9.33. The van der Waals surface area contributed by atoms with E-state index >= 15 is 0 Å². The molecule has 1 saturated heterocycles. The van der Waals surface area contributed by atoms with E-state index in [1.807, 2.05) is 59.5 Å². The molecule has 0 radical (unpaired) electrons. The quantitative estimate of drug-likeness (QED) is 0.521. The Morgan fingerprint density at radius 1 is 1.31 bits per heavy atom. The topological polar surface area (TPSA) is 62.7 Å². The summed E-state index contributed by atoms with van der Waals surface area (Å²) in [4.78, 5) is 33.3. The van der Waals surface area contributed by atoms with E-state index in [1.54, 1.807) is 17.4 Å². The first-order valence-corrected chi connectivity index (χ1v) is 12.2. The van der Waals surface area contributed by atoms with E-state index in [0.29, 0.717) is 19.7 Å². The summed E-state index contributed by atoms with van der Waals surface area (Å²) in [5.41, 5.74) is 1.83. The number of benzene rings is 1. The van der Waals surface area contributed by atoms with Crippen LogP contribution in [0.2, 0.25) is 0 Å². The number of likely N-dealkylation sites (tertiary alicyclic amines) is 1. The summed E-state index contributed by atoms with van der Waals surface area (Å²) in [5, 5.41) is 3.02. The van der Waals surface area contributed by atoms with Gasteiger partial charge in [0.25, 0.3) is 0 Å². The van der Waals surface area contributed by atoms with Gasteiger partial charge >= 0.3 is 0 Å². The number of carbonyl (C=O) groups is 2. The molecule has 7 heteroatoms. The van der Waals surface area contributed by atoms with Crippen molar-refractivity contribution >= 4 is 29.2 Å². The molecule has 3 rings (SSSR count). The SMILES string of the molecule is CCCCN(C)C(=O)C1CCN(C(=O)/C=C/c2cccc(OCc3csc(C)n3)c2)CC1. The normalized spacial score (nSPS) is 14.7. The molecular formula is C25H33N3O3S. The van der Waals surface area contributed by atoms with Gasteiger partial charge in [-0.25, -0.2) is 4.98 Å². The van der Waals surface area contributed by atoms with E-state index in [-0.39, 0.29) is 17.7 Å². The summed E-state index contributed by atoms with van der Waals surface area (Å²) in [5.74, 6) is 0.974. The number of unbranched alkanes of at least 4 members (excludes halogenated alkanes) is 1. The van der Waals surface area contributed by atoms with Gasteiger partial charge in [0.2, 0.25) is 11.8 Å². The minimum absolute atomic E-state index is 0.0143. The molecule has 1 aromatic carbocycles. The van der Waals surface area contributed by atoms with Gasteiger partial charge in [-0.15, -0.1) is 11.3 Å². The van der Waals surface area contributed by atoms with Crippen molar-refractivity contribution in [1.82, 2.24) is 14.8 Å². The molecule has 0 unspecified atom stereocenters. The Morgan fingerprint density at radius 3 is 2.78 bits per heavy atom. The van der Waals surface area contributed by atoms with Crippen molar-refractivity contribution in [1.29, 1.82) is 0 Å². The summed E-state index contributed by atoms with van der Waals surface area (Å²) >= 11 is 1.61. The molecule has 0 spiro atoms. The van der Waals surface area contributed by atoms with Crippen LogP contribution in [-0.4, -0.2) is 53.3 Å². The van der Waals surface area contributed by atoms with E-state index < -0.39 is 0 Å². The number of aryl methyl sites for hydroxylation is 1. The van der Waals surface area contributed by atoms with E-state index in [2.05, 4.69) is 11.9 Å². The van der Waals surface area contributed by atoms with Gasteiger partial charge in [0.15, 0.2) is 0 Å². The fourth-order valence-electron chi connectivity index (χ4n) is 3.78. The van der Waals surface area contributed by atoms with Crippen LogP contribution in [0.1, 0.15) is 48.9 Å². The number of carbonyl (C=O) groups excluding carboxylic acids is 2. The summed E-state index contributed by atoms with van der Waals surface area (Å²) < 4.78 is 5.83. The van der Waals surface area contributed by atoms with Gasteiger partial charge in [0.05, 0.1) is 10.7 Å². The van der Waals surface area contributed by atoms with Crippen LogP contribution in [0.15, 0.2) is 35.7 Å². The first-order valence-electron chi connectivity index (χ1n) is 11.3. The van der Waals surface area contributed by atoms with Crippen molar-refractivity contribution in [3.8, 4) is 5.75 Å². The standard InChI is InChI=1S/C25H33N3O3S/c1-4-5-13-27(3)25(30)21-11-14-28(15-12-21)24(29)10-9-20-7-6-8-23(16-20)31-17-22-18-32-19(2)26-22/h6-10,16,18,21H,4-5,11-15,17H2,1-3H3/b10-9+. The number of amides is 2. The highest BCUT2D eigenvalue weighted by Gasteiger charge is 2.28. The average molecular weight is 456 g/mol. The summed E-state index contributed by atoms with van der Waals surface area (Å²) in [7, 11) is 1.88. The summed E-state index contributed by atoms with van der Waals surface area (Å²) in [6.45, 7) is 6.58. The highest BCUT2D eigenvalue weighted by molar-refractivity contribution is 7.09. The van der Waals surface area contributed by atoms with Gasteiger partial charge in [0, 0.05) is 44.1 Å². The Hall–Kier alpha value is -2.67. The number of aromatic nitrogens is 1. The lowest BCUT2D eigenvalue weighted by molar-refractivity contribution is -0.138. The van der Waals surface area contributed by atoms with Crippen molar-refractivity contribution < 1.29 is 14.3 Å². The van der Waals surface area contributed by atoms with Crippen molar-refractivity contribution in [3.63, 3.8) is 0 Å². The molecular weight excluding hydrogens is 422 g/mol. The number of piperidine rings is 1. The van der Waals surface area contributed by atoms with Crippen LogP contribution < -0.4 is 4.74 Å². The number of ether oxygens (including phenoxy) is 1. The number of thiazole rings is 1. The first kappa shape index (κ1) is 24.0. The van der Waals surface area contributed by atoms with Crippen molar-refractivity contribution in [2.24, 2.45) is 5.92 Å². The Balaban J connectivity index is 1.47. The second kappa shape index (κ2) is 11.8. The zero-order valence-corrected chi connectivity index (χ0v) is 20.1. The average Bonchev–Trinajstić information content (AvgIpc) is 3.24. The van der Waals surface area contributed by atoms with Gasteiger partial charge in [-0.05, 0) is 50.0 Å². The number of hydrogen-bond donors (Lipinski definition) is 0. The fraction of sp³-hybridized carbons (Fsp3) is 0.480. The molecule has 2 heterocycles. The molecule has 172 valence electrons. The molecule has 0 bridgehead atoms. The molecule has 1 aliphatic heterocycles. The van der Waals surface area contributed by atoms with Crippen LogP contribution in [0.3, 0.4) is 0 Å². The molecule has 0 saturated carbocycles. The van der Waals surface area contributed by atoms with Gasteiger partial charge in [-0.3, -0.25) is 9.59 Å². The van der Waals surface area contributed by atoms with Crippen molar-refractivity contribution in [2.45, 2.75) is 46.1 Å². The van der Waals surface area contributed by atoms with E-state index in [1.165, 1.54) is 0 Å². The zero-order valence-electron chi connectivity index (χ0n) is 19.3. The monoisotopic (exact) mass is 455 g/mol. The van der Waals surface area contributed by atoms with E-state index in [0.717, 1.165) is 54.2 Å². The lowest BCUT2D eigenvalue weighted by atomic mass is 9.95. The molecule has 32 heavy (non-hydrogen) atoms. The summed E-state index contributed by atoms with van der Waals surface area (Å²) in [6.07, 6.45) is 7.00. The minimum Gasteiger partial charge on any atom is -0.487 e. The predicted molar refractivity (Wildman–Crippen MR) is 129 cm³/mol. The van der Waals surface area contributed by atoms with Gasteiger partial charge in [-0.1, -0.05) is 25.5 Å². The maximum Gasteiger partial charge on any atom is 0.246 e. The molecule has 1 aromatic heterocycles. The Bertz CT molecular complexity index is 932. The van der Waals surface area contributed by atoms with Gasteiger partial charge < -0.3 is 14.5 Å². The Labute approximate surface area is 194 Å². The van der Waals surface area contributed by atoms with E-state index in [9.17, 15) is 9.59 Å². The second-order valence-electron chi connectivity index (χ2n) is 8.27. The number of hydrogen-bond acceptors (Lipinski definition) is 5. The molecule has 6 nitrogen and oxygen atoms in total. The molecule has 0 aliphatic carbocycles.